The highest BCUT2D eigenvalue weighted by Gasteiger charge is 2.24. The number of rotatable bonds is 8. The van der Waals surface area contributed by atoms with Gasteiger partial charge in [0, 0.05) is 5.69 Å². The first kappa shape index (κ1) is 22.6. The largest absolute Gasteiger partial charge is 0.497 e. The smallest absolute Gasteiger partial charge is 0.251 e. The van der Waals surface area contributed by atoms with Crippen molar-refractivity contribution in [2.24, 2.45) is 0 Å². The predicted molar refractivity (Wildman–Crippen MR) is 120 cm³/mol. The fourth-order valence-electron chi connectivity index (χ4n) is 2.86. The van der Waals surface area contributed by atoms with Gasteiger partial charge in [-0.3, -0.25) is 9.59 Å². The van der Waals surface area contributed by atoms with Crippen LogP contribution in [0.3, 0.4) is 0 Å². The molecule has 0 saturated carbocycles. The second-order valence-electron chi connectivity index (χ2n) is 8.33. The van der Waals surface area contributed by atoms with Crippen molar-refractivity contribution in [3.8, 4) is 5.75 Å². The number of carbonyl (C=O) groups is 2. The number of carbonyl (C=O) groups excluding carboxylic acids is 2. The molecule has 1 unspecified atom stereocenters. The number of methoxy groups -OCH3 is 1. The number of hydrogen-bond acceptors (Lipinski definition) is 4. The molecular weight excluding hydrogens is 382 g/mol. The summed E-state index contributed by atoms with van der Waals surface area (Å²) in [6.45, 7) is 7.03. The summed E-state index contributed by atoms with van der Waals surface area (Å²) >= 11 is 0. The van der Waals surface area contributed by atoms with Crippen LogP contribution >= 0.6 is 0 Å². The number of nitrogens with zero attached hydrogens (tertiary/aromatic N) is 1. The number of anilines is 1. The van der Waals surface area contributed by atoms with Gasteiger partial charge in [0.2, 0.25) is 5.91 Å². The minimum atomic E-state index is -1.40. The average Bonchev–Trinajstić information content (AvgIpc) is 2.65. The first-order valence-electron chi connectivity index (χ1n) is 9.59. The summed E-state index contributed by atoms with van der Waals surface area (Å²) in [5.74, 6) is 0.178. The van der Waals surface area contributed by atoms with Crippen molar-refractivity contribution in [1.82, 2.24) is 10.2 Å². The molecule has 2 N–H and O–H groups in total. The average molecular weight is 414 g/mol. The molecule has 29 heavy (non-hydrogen) atoms. The Balaban J connectivity index is 2.21. The predicted octanol–water partition coefficient (Wildman–Crippen LogP) is 2.60. The second-order valence-corrected chi connectivity index (χ2v) is 13.4. The molecule has 0 aliphatic heterocycles. The third-order valence-electron chi connectivity index (χ3n) is 4.49. The van der Waals surface area contributed by atoms with Crippen LogP contribution in [0.1, 0.15) is 11.6 Å². The van der Waals surface area contributed by atoms with Gasteiger partial charge in [0.05, 0.1) is 21.7 Å². The summed E-state index contributed by atoms with van der Waals surface area (Å²) in [5.41, 5.74) is 1.39. The van der Waals surface area contributed by atoms with Gasteiger partial charge in [-0.2, -0.15) is 0 Å². The molecule has 2 aromatic rings. The number of likely N-dealkylation sites (N-methyl/N-ethyl adjacent to an activating group) is 1. The zero-order valence-corrected chi connectivity index (χ0v) is 19.1. The Labute approximate surface area is 174 Å². The van der Waals surface area contributed by atoms with Gasteiger partial charge >= 0.3 is 0 Å². The SMILES string of the molecule is COc1ccc(C(NC(=O)CN(C)C)C(=O)Nc2ccc([Si](C)(C)C)cc2)cc1. The molecule has 6 nitrogen and oxygen atoms in total. The van der Waals surface area contributed by atoms with E-state index >= 15 is 0 Å². The molecule has 156 valence electrons. The fourth-order valence-corrected chi connectivity index (χ4v) is 4.03. The summed E-state index contributed by atoms with van der Waals surface area (Å²) in [5, 5.41) is 7.08. The number of benzene rings is 2. The van der Waals surface area contributed by atoms with Crippen molar-refractivity contribution in [2.75, 3.05) is 33.1 Å². The van der Waals surface area contributed by atoms with Gasteiger partial charge in [-0.15, -0.1) is 0 Å². The summed E-state index contributed by atoms with van der Waals surface area (Å²) in [6, 6.07) is 14.3. The lowest BCUT2D eigenvalue weighted by atomic mass is 10.1. The van der Waals surface area contributed by atoms with Crippen molar-refractivity contribution >= 4 is 30.8 Å². The van der Waals surface area contributed by atoms with Crippen molar-refractivity contribution in [2.45, 2.75) is 25.7 Å². The Morgan fingerprint density at radius 1 is 1.00 bits per heavy atom. The minimum absolute atomic E-state index is 0.199. The Kier molecular flexibility index (Phi) is 7.58. The number of ether oxygens (including phenoxy) is 1. The maximum absolute atomic E-state index is 13.0. The number of hydrogen-bond donors (Lipinski definition) is 2. The Morgan fingerprint density at radius 2 is 1.59 bits per heavy atom. The molecule has 0 aliphatic rings. The van der Waals surface area contributed by atoms with Crippen LogP contribution in [0.25, 0.3) is 0 Å². The Hall–Kier alpha value is -2.64. The monoisotopic (exact) mass is 413 g/mol. The van der Waals surface area contributed by atoms with E-state index < -0.39 is 14.1 Å². The normalized spacial score (nSPS) is 12.4. The van der Waals surface area contributed by atoms with Crippen LogP contribution in [0.2, 0.25) is 19.6 Å². The molecule has 0 fully saturated rings. The van der Waals surface area contributed by atoms with Crippen LogP contribution in [-0.4, -0.2) is 52.5 Å². The molecule has 2 aromatic carbocycles. The van der Waals surface area contributed by atoms with Crippen LogP contribution in [0, 0.1) is 0 Å². The molecule has 0 heterocycles. The molecule has 0 bridgehead atoms. The van der Waals surface area contributed by atoms with Crippen LogP contribution in [0.4, 0.5) is 5.69 Å². The summed E-state index contributed by atoms with van der Waals surface area (Å²) in [7, 11) is 3.80. The van der Waals surface area contributed by atoms with Gasteiger partial charge in [0.25, 0.3) is 5.91 Å². The first-order chi connectivity index (χ1) is 13.6. The first-order valence-corrected chi connectivity index (χ1v) is 13.1. The molecule has 0 aromatic heterocycles. The van der Waals surface area contributed by atoms with E-state index in [0.717, 1.165) is 0 Å². The van der Waals surface area contributed by atoms with Crippen LogP contribution in [0.5, 0.6) is 5.75 Å². The Morgan fingerprint density at radius 3 is 2.07 bits per heavy atom. The third-order valence-corrected chi connectivity index (χ3v) is 6.56. The van der Waals surface area contributed by atoms with Gasteiger partial charge < -0.3 is 20.3 Å². The van der Waals surface area contributed by atoms with Gasteiger partial charge in [0.1, 0.15) is 11.8 Å². The molecular formula is C22H31N3O3Si. The number of nitrogens with one attached hydrogen (secondary N) is 2. The maximum atomic E-state index is 13.0. The summed E-state index contributed by atoms with van der Waals surface area (Å²) < 4.78 is 5.19. The van der Waals surface area contributed by atoms with E-state index in [1.807, 2.05) is 26.2 Å². The quantitative estimate of drug-likeness (QED) is 0.653. The van der Waals surface area contributed by atoms with Gasteiger partial charge in [-0.1, -0.05) is 49.1 Å². The highest BCUT2D eigenvalue weighted by Crippen LogP contribution is 2.20. The van der Waals surface area contributed by atoms with E-state index in [4.69, 9.17) is 4.74 Å². The zero-order valence-electron chi connectivity index (χ0n) is 18.1. The third kappa shape index (κ3) is 6.72. The second kappa shape index (κ2) is 9.71. The van der Waals surface area contributed by atoms with Crippen LogP contribution < -0.4 is 20.6 Å². The molecule has 2 rings (SSSR count). The van der Waals surface area contributed by atoms with E-state index in [9.17, 15) is 9.59 Å². The van der Waals surface area contributed by atoms with Crippen molar-refractivity contribution in [3.63, 3.8) is 0 Å². The molecule has 0 aliphatic carbocycles. The highest BCUT2D eigenvalue weighted by atomic mass is 28.3. The lowest BCUT2D eigenvalue weighted by Gasteiger charge is -2.21. The zero-order chi connectivity index (χ0) is 21.6. The van der Waals surface area contributed by atoms with Crippen LogP contribution in [0.15, 0.2) is 48.5 Å². The van der Waals surface area contributed by atoms with E-state index in [0.29, 0.717) is 17.0 Å². The van der Waals surface area contributed by atoms with Crippen molar-refractivity contribution in [3.05, 3.63) is 54.1 Å². The van der Waals surface area contributed by atoms with Gasteiger partial charge in [-0.25, -0.2) is 0 Å². The van der Waals surface area contributed by atoms with Gasteiger partial charge in [0.15, 0.2) is 0 Å². The molecule has 2 amide bonds. The Bertz CT molecular complexity index is 828. The fraction of sp³-hybridized carbons (Fsp3) is 0.364. The van der Waals surface area contributed by atoms with E-state index in [1.165, 1.54) is 5.19 Å². The van der Waals surface area contributed by atoms with E-state index in [1.54, 1.807) is 36.3 Å². The van der Waals surface area contributed by atoms with Crippen LogP contribution in [-0.2, 0) is 9.59 Å². The lowest BCUT2D eigenvalue weighted by molar-refractivity contribution is -0.127. The number of amides is 2. The summed E-state index contributed by atoms with van der Waals surface area (Å²) in [6.07, 6.45) is 0. The maximum Gasteiger partial charge on any atom is 0.251 e. The molecule has 7 heteroatoms. The highest BCUT2D eigenvalue weighted by molar-refractivity contribution is 6.88. The minimum Gasteiger partial charge on any atom is -0.497 e. The van der Waals surface area contributed by atoms with Gasteiger partial charge in [-0.05, 0) is 43.9 Å². The van der Waals surface area contributed by atoms with Crippen molar-refractivity contribution in [1.29, 1.82) is 0 Å². The van der Waals surface area contributed by atoms with E-state index in [2.05, 4.69) is 42.4 Å². The molecule has 0 saturated heterocycles. The lowest BCUT2D eigenvalue weighted by Crippen LogP contribution is -2.41. The topological polar surface area (TPSA) is 70.7 Å². The molecule has 0 radical (unpaired) electrons. The molecule has 1 atom stereocenters. The standard InChI is InChI=1S/C22H31N3O3Si/c1-25(2)15-20(26)24-21(16-7-11-18(28-3)12-8-16)22(27)23-17-9-13-19(14-10-17)29(4,5)6/h7-14,21H,15H2,1-6H3,(H,23,27)(H,24,26). The summed E-state index contributed by atoms with van der Waals surface area (Å²) in [4.78, 5) is 27.1. The van der Waals surface area contributed by atoms with Crippen molar-refractivity contribution < 1.29 is 14.3 Å². The molecule has 0 spiro atoms. The van der Waals surface area contributed by atoms with E-state index in [-0.39, 0.29) is 18.4 Å².